The van der Waals surface area contributed by atoms with Gasteiger partial charge < -0.3 is 10.4 Å². The third-order valence-corrected chi connectivity index (χ3v) is 2.88. The van der Waals surface area contributed by atoms with Gasteiger partial charge in [0, 0.05) is 6.04 Å². The highest BCUT2D eigenvalue weighted by Gasteiger charge is 2.36. The fourth-order valence-electron chi connectivity index (χ4n) is 1.94. The summed E-state index contributed by atoms with van der Waals surface area (Å²) in [4.78, 5) is 14.8. The molecule has 0 aliphatic heterocycles. The summed E-state index contributed by atoms with van der Waals surface area (Å²) in [5.41, 5.74) is 0.0951. The highest BCUT2D eigenvalue weighted by molar-refractivity contribution is 5.85. The van der Waals surface area contributed by atoms with Crippen LogP contribution in [0.15, 0.2) is 18.2 Å². The summed E-state index contributed by atoms with van der Waals surface area (Å²) < 4.78 is 0. The van der Waals surface area contributed by atoms with E-state index < -0.39 is 5.97 Å². The minimum Gasteiger partial charge on any atom is -0.477 e. The zero-order valence-electron chi connectivity index (χ0n) is 9.31. The minimum absolute atomic E-state index is 0.0951. The second-order valence-electron chi connectivity index (χ2n) is 4.25. The predicted molar refractivity (Wildman–Crippen MR) is 61.6 cm³/mol. The van der Waals surface area contributed by atoms with E-state index in [-0.39, 0.29) is 5.69 Å². The standard InChI is InChI=1S/C12H16N2O2/c1-2-4-8-7-10(8)14-11-6-3-5-9(13-11)12(15)16/h3,5-6,8,10H,2,4,7H2,1H3,(H,13,14)(H,15,16). The molecule has 2 unspecified atom stereocenters. The van der Waals surface area contributed by atoms with Gasteiger partial charge in [-0.25, -0.2) is 9.78 Å². The van der Waals surface area contributed by atoms with E-state index in [2.05, 4.69) is 17.2 Å². The number of carbonyl (C=O) groups is 1. The van der Waals surface area contributed by atoms with Gasteiger partial charge in [-0.2, -0.15) is 0 Å². The van der Waals surface area contributed by atoms with E-state index in [0.29, 0.717) is 11.9 Å². The van der Waals surface area contributed by atoms with Crippen molar-refractivity contribution in [2.75, 3.05) is 5.32 Å². The average Bonchev–Trinajstić information content (AvgIpc) is 2.97. The number of rotatable bonds is 5. The van der Waals surface area contributed by atoms with Gasteiger partial charge >= 0.3 is 5.97 Å². The molecule has 2 rings (SSSR count). The van der Waals surface area contributed by atoms with Crippen LogP contribution >= 0.6 is 0 Å². The first-order valence-corrected chi connectivity index (χ1v) is 5.67. The van der Waals surface area contributed by atoms with Crippen LogP contribution in [0.4, 0.5) is 5.82 Å². The summed E-state index contributed by atoms with van der Waals surface area (Å²) in [5.74, 6) is 0.424. The molecule has 0 bridgehead atoms. The largest absolute Gasteiger partial charge is 0.477 e. The molecule has 16 heavy (non-hydrogen) atoms. The van der Waals surface area contributed by atoms with Crippen LogP contribution < -0.4 is 5.32 Å². The van der Waals surface area contributed by atoms with Gasteiger partial charge in [0.05, 0.1) is 0 Å². The van der Waals surface area contributed by atoms with Gasteiger partial charge in [-0.3, -0.25) is 0 Å². The van der Waals surface area contributed by atoms with Gasteiger partial charge in [0.25, 0.3) is 0 Å². The third kappa shape index (κ3) is 2.51. The van der Waals surface area contributed by atoms with Crippen molar-refractivity contribution in [1.29, 1.82) is 0 Å². The van der Waals surface area contributed by atoms with Crippen molar-refractivity contribution in [2.24, 2.45) is 5.92 Å². The van der Waals surface area contributed by atoms with Crippen LogP contribution in [0.2, 0.25) is 0 Å². The van der Waals surface area contributed by atoms with Crippen LogP contribution in [-0.4, -0.2) is 22.1 Å². The van der Waals surface area contributed by atoms with Gasteiger partial charge in [-0.1, -0.05) is 19.4 Å². The van der Waals surface area contributed by atoms with E-state index in [4.69, 9.17) is 5.11 Å². The van der Waals surface area contributed by atoms with E-state index in [1.54, 1.807) is 6.07 Å². The maximum Gasteiger partial charge on any atom is 0.354 e. The number of carboxylic acid groups (broad SMARTS) is 1. The monoisotopic (exact) mass is 220 g/mol. The summed E-state index contributed by atoms with van der Waals surface area (Å²) in [7, 11) is 0. The fraction of sp³-hybridized carbons (Fsp3) is 0.500. The highest BCUT2D eigenvalue weighted by atomic mass is 16.4. The number of hydrogen-bond acceptors (Lipinski definition) is 3. The molecule has 1 heterocycles. The minimum atomic E-state index is -0.982. The lowest BCUT2D eigenvalue weighted by Crippen LogP contribution is -2.08. The normalized spacial score (nSPS) is 22.8. The first kappa shape index (κ1) is 10.9. The molecule has 0 saturated heterocycles. The molecule has 1 aromatic rings. The molecule has 0 aromatic carbocycles. The lowest BCUT2D eigenvalue weighted by Gasteiger charge is -2.05. The Morgan fingerprint density at radius 2 is 2.44 bits per heavy atom. The average molecular weight is 220 g/mol. The molecule has 0 amide bonds. The Morgan fingerprint density at radius 1 is 1.62 bits per heavy atom. The molecule has 1 fully saturated rings. The number of pyridine rings is 1. The van der Waals surface area contributed by atoms with Gasteiger partial charge in [-0.15, -0.1) is 0 Å². The molecular formula is C12H16N2O2. The molecule has 1 aliphatic carbocycles. The van der Waals surface area contributed by atoms with Crippen LogP contribution in [0.1, 0.15) is 36.7 Å². The zero-order chi connectivity index (χ0) is 11.5. The van der Waals surface area contributed by atoms with Crippen molar-refractivity contribution in [3.05, 3.63) is 23.9 Å². The third-order valence-electron chi connectivity index (χ3n) is 2.88. The molecule has 1 aliphatic rings. The number of anilines is 1. The maximum absolute atomic E-state index is 10.7. The van der Waals surface area contributed by atoms with Crippen LogP contribution in [0, 0.1) is 5.92 Å². The smallest absolute Gasteiger partial charge is 0.354 e. The first-order valence-electron chi connectivity index (χ1n) is 5.67. The van der Waals surface area contributed by atoms with E-state index in [9.17, 15) is 4.79 Å². The highest BCUT2D eigenvalue weighted by Crippen LogP contribution is 2.36. The topological polar surface area (TPSA) is 62.2 Å². The molecule has 0 spiro atoms. The summed E-state index contributed by atoms with van der Waals surface area (Å²) >= 11 is 0. The second-order valence-corrected chi connectivity index (χ2v) is 4.25. The fourth-order valence-corrected chi connectivity index (χ4v) is 1.94. The quantitative estimate of drug-likeness (QED) is 0.799. The molecule has 1 aromatic heterocycles. The van der Waals surface area contributed by atoms with Crippen LogP contribution in [0.5, 0.6) is 0 Å². The molecule has 1 saturated carbocycles. The summed E-state index contributed by atoms with van der Waals surface area (Å²) in [6.45, 7) is 2.18. The molecular weight excluding hydrogens is 204 g/mol. The molecule has 4 heteroatoms. The summed E-state index contributed by atoms with van der Waals surface area (Å²) in [6, 6.07) is 5.52. The van der Waals surface area contributed by atoms with Gasteiger partial charge in [0.1, 0.15) is 5.82 Å². The Balaban J connectivity index is 1.95. The molecule has 0 radical (unpaired) electrons. The Hall–Kier alpha value is -1.58. The van der Waals surface area contributed by atoms with Crippen molar-refractivity contribution < 1.29 is 9.90 Å². The lowest BCUT2D eigenvalue weighted by atomic mass is 10.2. The van der Waals surface area contributed by atoms with Crippen molar-refractivity contribution in [3.8, 4) is 0 Å². The number of aromatic nitrogens is 1. The van der Waals surface area contributed by atoms with E-state index in [1.807, 2.05) is 6.07 Å². The lowest BCUT2D eigenvalue weighted by molar-refractivity contribution is 0.0690. The van der Waals surface area contributed by atoms with Crippen molar-refractivity contribution >= 4 is 11.8 Å². The van der Waals surface area contributed by atoms with E-state index >= 15 is 0 Å². The Bertz CT molecular complexity index is 392. The summed E-state index contributed by atoms with van der Waals surface area (Å²) in [5, 5.41) is 12.1. The maximum atomic E-state index is 10.7. The summed E-state index contributed by atoms with van der Waals surface area (Å²) in [6.07, 6.45) is 3.61. The van der Waals surface area contributed by atoms with Crippen LogP contribution in [0.25, 0.3) is 0 Å². The van der Waals surface area contributed by atoms with Crippen LogP contribution in [0.3, 0.4) is 0 Å². The van der Waals surface area contributed by atoms with Crippen molar-refractivity contribution in [3.63, 3.8) is 0 Å². The van der Waals surface area contributed by atoms with Gasteiger partial charge in [0.2, 0.25) is 0 Å². The molecule has 86 valence electrons. The van der Waals surface area contributed by atoms with E-state index in [0.717, 1.165) is 5.92 Å². The number of aromatic carboxylic acids is 1. The second kappa shape index (κ2) is 4.51. The van der Waals surface area contributed by atoms with Crippen molar-refractivity contribution in [2.45, 2.75) is 32.2 Å². The van der Waals surface area contributed by atoms with Gasteiger partial charge in [-0.05, 0) is 30.9 Å². The SMILES string of the molecule is CCCC1CC1Nc1cccc(C(=O)O)n1. The molecule has 4 nitrogen and oxygen atoms in total. The zero-order valence-corrected chi connectivity index (χ0v) is 9.31. The Kier molecular flexibility index (Phi) is 3.08. The van der Waals surface area contributed by atoms with Crippen LogP contribution in [-0.2, 0) is 0 Å². The number of hydrogen-bond donors (Lipinski definition) is 2. The van der Waals surface area contributed by atoms with E-state index in [1.165, 1.54) is 25.3 Å². The molecule has 2 N–H and O–H groups in total. The number of nitrogens with zero attached hydrogens (tertiary/aromatic N) is 1. The first-order chi connectivity index (χ1) is 7.70. The van der Waals surface area contributed by atoms with Gasteiger partial charge in [0.15, 0.2) is 5.69 Å². The predicted octanol–water partition coefficient (Wildman–Crippen LogP) is 2.38. The number of nitrogens with one attached hydrogen (secondary N) is 1. The Morgan fingerprint density at radius 3 is 3.12 bits per heavy atom. The number of carboxylic acids is 1. The van der Waals surface area contributed by atoms with Crippen molar-refractivity contribution in [1.82, 2.24) is 4.98 Å². The molecule has 2 atom stereocenters. The Labute approximate surface area is 94.7 Å².